The standard InChI is InChI=1S/C20H25N7O2.HI/c1-21-20(23-11-19-22-10-16(29-19)14-6-4-3-5-7-14)24-15-8-9-18-25-17(13-28-2)26-27(18)12-15;/h3-7,10,15H,8-9,11-13H2,1-2H3,(H2,21,23,24);1H. The molecular formula is C20H26IN7O2. The maximum atomic E-state index is 5.84. The molecule has 1 aliphatic rings. The Morgan fingerprint density at radius 3 is 2.93 bits per heavy atom. The highest BCUT2D eigenvalue weighted by molar-refractivity contribution is 14.0. The van der Waals surface area contributed by atoms with Gasteiger partial charge in [-0.3, -0.25) is 4.99 Å². The highest BCUT2D eigenvalue weighted by Crippen LogP contribution is 2.19. The van der Waals surface area contributed by atoms with Crippen molar-refractivity contribution in [2.24, 2.45) is 4.99 Å². The number of hydrogen-bond acceptors (Lipinski definition) is 6. The Hall–Kier alpha value is -2.47. The van der Waals surface area contributed by atoms with Crippen LogP contribution in [0.2, 0.25) is 0 Å². The van der Waals surface area contributed by atoms with Crippen LogP contribution in [0.1, 0.15) is 24.0 Å². The highest BCUT2D eigenvalue weighted by atomic mass is 127. The van der Waals surface area contributed by atoms with Gasteiger partial charge in [-0.2, -0.15) is 5.10 Å². The van der Waals surface area contributed by atoms with Gasteiger partial charge in [0.25, 0.3) is 0 Å². The summed E-state index contributed by atoms with van der Waals surface area (Å²) in [6.07, 6.45) is 3.57. The Kier molecular flexibility index (Phi) is 7.80. The minimum atomic E-state index is 0. The van der Waals surface area contributed by atoms with Crippen LogP contribution < -0.4 is 10.6 Å². The van der Waals surface area contributed by atoms with Crippen molar-refractivity contribution in [1.29, 1.82) is 0 Å². The molecule has 0 fully saturated rings. The number of benzene rings is 1. The number of guanidine groups is 1. The number of ether oxygens (including phenoxy) is 1. The Morgan fingerprint density at radius 1 is 1.33 bits per heavy atom. The van der Waals surface area contributed by atoms with Crippen molar-refractivity contribution in [3.05, 3.63) is 54.1 Å². The number of oxazole rings is 1. The van der Waals surface area contributed by atoms with E-state index in [0.29, 0.717) is 25.0 Å². The second-order valence-corrected chi connectivity index (χ2v) is 6.85. The lowest BCUT2D eigenvalue weighted by Gasteiger charge is -2.25. The van der Waals surface area contributed by atoms with E-state index in [9.17, 15) is 0 Å². The molecule has 0 bridgehead atoms. The Bertz CT molecular complexity index is 971. The van der Waals surface area contributed by atoms with Crippen LogP contribution in [-0.2, 0) is 30.9 Å². The summed E-state index contributed by atoms with van der Waals surface area (Å²) in [4.78, 5) is 13.2. The molecule has 0 spiro atoms. The Balaban J connectivity index is 0.00000256. The summed E-state index contributed by atoms with van der Waals surface area (Å²) < 4.78 is 12.9. The number of aromatic nitrogens is 4. The lowest BCUT2D eigenvalue weighted by atomic mass is 10.1. The van der Waals surface area contributed by atoms with Gasteiger partial charge in [0.1, 0.15) is 12.4 Å². The van der Waals surface area contributed by atoms with Gasteiger partial charge in [-0.15, -0.1) is 24.0 Å². The van der Waals surface area contributed by atoms with E-state index in [0.717, 1.165) is 42.4 Å². The van der Waals surface area contributed by atoms with E-state index in [1.807, 2.05) is 35.0 Å². The number of methoxy groups -OCH3 is 1. The molecule has 1 aromatic carbocycles. The molecule has 0 saturated carbocycles. The molecule has 10 heteroatoms. The normalized spacial score (nSPS) is 15.9. The summed E-state index contributed by atoms with van der Waals surface area (Å²) in [7, 11) is 3.40. The molecule has 160 valence electrons. The van der Waals surface area contributed by atoms with Gasteiger partial charge in [0.2, 0.25) is 5.89 Å². The monoisotopic (exact) mass is 523 g/mol. The number of rotatable bonds is 6. The summed E-state index contributed by atoms with van der Waals surface area (Å²) in [5.41, 5.74) is 1.01. The molecule has 2 N–H and O–H groups in total. The van der Waals surface area contributed by atoms with E-state index in [1.54, 1.807) is 20.4 Å². The van der Waals surface area contributed by atoms with E-state index < -0.39 is 0 Å². The Morgan fingerprint density at radius 2 is 2.17 bits per heavy atom. The van der Waals surface area contributed by atoms with Crippen molar-refractivity contribution in [3.63, 3.8) is 0 Å². The van der Waals surface area contributed by atoms with Crippen molar-refractivity contribution in [2.45, 2.75) is 38.6 Å². The van der Waals surface area contributed by atoms with Crippen LogP contribution in [0, 0.1) is 0 Å². The summed E-state index contributed by atoms with van der Waals surface area (Å²) in [6.45, 7) is 1.62. The molecule has 0 radical (unpaired) electrons. The number of fused-ring (bicyclic) bond motifs is 1. The fraction of sp³-hybridized carbons (Fsp3) is 0.400. The smallest absolute Gasteiger partial charge is 0.214 e. The van der Waals surface area contributed by atoms with Gasteiger partial charge in [-0.1, -0.05) is 30.3 Å². The second kappa shape index (κ2) is 10.5. The Labute approximate surface area is 192 Å². The zero-order valence-electron chi connectivity index (χ0n) is 17.0. The first-order valence-electron chi connectivity index (χ1n) is 9.64. The third-order valence-electron chi connectivity index (χ3n) is 4.76. The van der Waals surface area contributed by atoms with Crippen LogP contribution in [0.25, 0.3) is 11.3 Å². The van der Waals surface area contributed by atoms with Gasteiger partial charge < -0.3 is 19.8 Å². The molecule has 3 aromatic rings. The first-order valence-corrected chi connectivity index (χ1v) is 9.64. The number of nitrogens with zero attached hydrogens (tertiary/aromatic N) is 5. The van der Waals surface area contributed by atoms with Crippen LogP contribution in [0.4, 0.5) is 0 Å². The van der Waals surface area contributed by atoms with E-state index in [1.165, 1.54) is 0 Å². The van der Waals surface area contributed by atoms with E-state index in [4.69, 9.17) is 9.15 Å². The number of nitrogens with one attached hydrogen (secondary N) is 2. The fourth-order valence-corrected chi connectivity index (χ4v) is 3.34. The zero-order valence-corrected chi connectivity index (χ0v) is 19.4. The molecule has 0 aliphatic carbocycles. The number of aliphatic imine (C=N–C) groups is 1. The van der Waals surface area contributed by atoms with Crippen molar-refractivity contribution in [3.8, 4) is 11.3 Å². The van der Waals surface area contributed by atoms with Crippen molar-refractivity contribution in [1.82, 2.24) is 30.4 Å². The van der Waals surface area contributed by atoms with Crippen molar-refractivity contribution < 1.29 is 9.15 Å². The van der Waals surface area contributed by atoms with Gasteiger partial charge in [0, 0.05) is 32.2 Å². The largest absolute Gasteiger partial charge is 0.439 e. The molecule has 2 aromatic heterocycles. The van der Waals surface area contributed by atoms with Gasteiger partial charge in [0.15, 0.2) is 17.5 Å². The molecule has 4 rings (SSSR count). The van der Waals surface area contributed by atoms with Gasteiger partial charge >= 0.3 is 0 Å². The minimum Gasteiger partial charge on any atom is -0.439 e. The molecule has 3 heterocycles. The number of halogens is 1. The highest BCUT2D eigenvalue weighted by Gasteiger charge is 2.22. The van der Waals surface area contributed by atoms with Gasteiger partial charge in [-0.25, -0.2) is 14.6 Å². The van der Waals surface area contributed by atoms with Crippen molar-refractivity contribution in [2.75, 3.05) is 14.2 Å². The summed E-state index contributed by atoms with van der Waals surface area (Å²) in [5, 5.41) is 11.2. The van der Waals surface area contributed by atoms with Crippen LogP contribution in [0.15, 0.2) is 45.9 Å². The predicted octanol–water partition coefficient (Wildman–Crippen LogP) is 2.38. The molecule has 1 atom stereocenters. The van der Waals surface area contributed by atoms with Crippen molar-refractivity contribution >= 4 is 29.9 Å². The summed E-state index contributed by atoms with van der Waals surface area (Å²) in [5.74, 6) is 3.80. The number of hydrogen-bond donors (Lipinski definition) is 2. The average molecular weight is 523 g/mol. The van der Waals surface area contributed by atoms with Gasteiger partial charge in [0.05, 0.1) is 19.3 Å². The van der Waals surface area contributed by atoms with E-state index in [2.05, 4.69) is 30.7 Å². The first kappa shape index (κ1) is 22.2. The molecule has 1 unspecified atom stereocenters. The molecular weight excluding hydrogens is 497 g/mol. The SMILES string of the molecule is CN=C(NCc1ncc(-c2ccccc2)o1)NC1CCc2nc(COC)nn2C1.I. The minimum absolute atomic E-state index is 0. The molecule has 1 aliphatic heterocycles. The molecule has 30 heavy (non-hydrogen) atoms. The maximum Gasteiger partial charge on any atom is 0.214 e. The lowest BCUT2D eigenvalue weighted by Crippen LogP contribution is -2.46. The van der Waals surface area contributed by atoms with E-state index in [-0.39, 0.29) is 30.0 Å². The van der Waals surface area contributed by atoms with Crippen LogP contribution in [0.5, 0.6) is 0 Å². The summed E-state index contributed by atoms with van der Waals surface area (Å²) in [6, 6.07) is 10.1. The summed E-state index contributed by atoms with van der Waals surface area (Å²) >= 11 is 0. The van der Waals surface area contributed by atoms with Gasteiger partial charge in [-0.05, 0) is 6.42 Å². The topological polar surface area (TPSA) is 102 Å². The third kappa shape index (κ3) is 5.36. The first-order chi connectivity index (χ1) is 14.2. The average Bonchev–Trinajstić information content (AvgIpc) is 3.38. The second-order valence-electron chi connectivity index (χ2n) is 6.85. The van der Waals surface area contributed by atoms with E-state index >= 15 is 0 Å². The lowest BCUT2D eigenvalue weighted by molar-refractivity contribution is 0.177. The molecule has 9 nitrogen and oxygen atoms in total. The number of aryl methyl sites for hydroxylation is 1. The maximum absolute atomic E-state index is 5.84. The fourth-order valence-electron chi connectivity index (χ4n) is 3.34. The zero-order chi connectivity index (χ0) is 20.1. The molecule has 0 amide bonds. The van der Waals surface area contributed by atoms with Crippen LogP contribution in [0.3, 0.4) is 0 Å². The quantitative estimate of drug-likeness (QED) is 0.291. The third-order valence-corrected chi connectivity index (χ3v) is 4.76. The molecule has 0 saturated heterocycles. The van der Waals surface area contributed by atoms with Crippen LogP contribution >= 0.6 is 24.0 Å². The predicted molar refractivity (Wildman–Crippen MR) is 124 cm³/mol. The van der Waals surface area contributed by atoms with Crippen LogP contribution in [-0.4, -0.2) is 45.9 Å².